The quantitative estimate of drug-likeness (QED) is 0.590. The van der Waals surface area contributed by atoms with Gasteiger partial charge in [0.05, 0.1) is 29.4 Å². The highest BCUT2D eigenvalue weighted by atomic mass is 16.5. The number of ether oxygens (including phenoxy) is 1. The highest BCUT2D eigenvalue weighted by molar-refractivity contribution is 5.86. The van der Waals surface area contributed by atoms with Crippen LogP contribution in [0.5, 0.6) is 0 Å². The van der Waals surface area contributed by atoms with Crippen LogP contribution in [0.2, 0.25) is 0 Å². The SMILES string of the molecule is CCNc1nc(C(C)C)ccc1-c1nc2c(C)cn(C(C)COC)c2cc1C. The van der Waals surface area contributed by atoms with E-state index in [-0.39, 0.29) is 6.04 Å². The highest BCUT2D eigenvalue weighted by Crippen LogP contribution is 2.33. The predicted octanol–water partition coefficient (Wildman–Crippen LogP) is 5.48. The number of rotatable bonds is 7. The number of aromatic nitrogens is 3. The summed E-state index contributed by atoms with van der Waals surface area (Å²) >= 11 is 0. The monoisotopic (exact) mass is 380 g/mol. The van der Waals surface area contributed by atoms with E-state index in [0.29, 0.717) is 12.5 Å². The first kappa shape index (κ1) is 20.3. The number of pyridine rings is 2. The Bertz CT molecular complexity index is 974. The van der Waals surface area contributed by atoms with Gasteiger partial charge in [-0.25, -0.2) is 9.97 Å². The molecule has 0 radical (unpaired) electrons. The zero-order valence-electron chi connectivity index (χ0n) is 18.1. The molecule has 0 saturated carbocycles. The summed E-state index contributed by atoms with van der Waals surface area (Å²) in [5, 5.41) is 3.43. The zero-order chi connectivity index (χ0) is 20.4. The maximum Gasteiger partial charge on any atom is 0.135 e. The number of anilines is 1. The highest BCUT2D eigenvalue weighted by Gasteiger charge is 2.18. The molecule has 0 amide bonds. The molecule has 28 heavy (non-hydrogen) atoms. The van der Waals surface area contributed by atoms with Crippen LogP contribution in [0.4, 0.5) is 5.82 Å². The third kappa shape index (κ3) is 3.76. The van der Waals surface area contributed by atoms with Gasteiger partial charge in [0, 0.05) is 31.1 Å². The Labute approximate surface area is 168 Å². The van der Waals surface area contributed by atoms with Crippen molar-refractivity contribution in [1.29, 1.82) is 0 Å². The van der Waals surface area contributed by atoms with Gasteiger partial charge in [-0.2, -0.15) is 0 Å². The molecule has 0 aromatic carbocycles. The lowest BCUT2D eigenvalue weighted by Crippen LogP contribution is -2.10. The van der Waals surface area contributed by atoms with E-state index in [0.717, 1.165) is 45.9 Å². The predicted molar refractivity (Wildman–Crippen MR) is 117 cm³/mol. The number of hydrogen-bond donors (Lipinski definition) is 1. The van der Waals surface area contributed by atoms with Crippen LogP contribution in [0.25, 0.3) is 22.3 Å². The largest absolute Gasteiger partial charge is 0.383 e. The molecule has 5 nitrogen and oxygen atoms in total. The topological polar surface area (TPSA) is 52.0 Å². The van der Waals surface area contributed by atoms with E-state index in [9.17, 15) is 0 Å². The summed E-state index contributed by atoms with van der Waals surface area (Å²) < 4.78 is 7.62. The van der Waals surface area contributed by atoms with Gasteiger partial charge >= 0.3 is 0 Å². The van der Waals surface area contributed by atoms with Crippen molar-refractivity contribution in [3.05, 3.63) is 41.2 Å². The van der Waals surface area contributed by atoms with E-state index in [1.807, 2.05) is 0 Å². The van der Waals surface area contributed by atoms with E-state index in [1.165, 1.54) is 5.56 Å². The van der Waals surface area contributed by atoms with Crippen molar-refractivity contribution in [2.75, 3.05) is 25.6 Å². The molecular formula is C23H32N4O. The molecule has 3 aromatic rings. The van der Waals surface area contributed by atoms with E-state index in [4.69, 9.17) is 14.7 Å². The second-order valence-electron chi connectivity index (χ2n) is 7.86. The molecule has 3 aromatic heterocycles. The van der Waals surface area contributed by atoms with Crippen LogP contribution in [0.1, 0.15) is 56.5 Å². The number of nitrogens with zero attached hydrogens (tertiary/aromatic N) is 3. The van der Waals surface area contributed by atoms with Crippen molar-refractivity contribution < 1.29 is 4.74 Å². The van der Waals surface area contributed by atoms with Crippen molar-refractivity contribution in [3.63, 3.8) is 0 Å². The van der Waals surface area contributed by atoms with Crippen LogP contribution in [0, 0.1) is 13.8 Å². The first-order chi connectivity index (χ1) is 13.4. The minimum Gasteiger partial charge on any atom is -0.383 e. The second kappa shape index (κ2) is 8.31. The Morgan fingerprint density at radius 3 is 2.50 bits per heavy atom. The minimum absolute atomic E-state index is 0.262. The fraction of sp³-hybridized carbons (Fsp3) is 0.478. The number of hydrogen-bond acceptors (Lipinski definition) is 4. The van der Waals surface area contributed by atoms with Gasteiger partial charge in [-0.1, -0.05) is 13.8 Å². The molecule has 3 heterocycles. The summed E-state index contributed by atoms with van der Waals surface area (Å²) in [4.78, 5) is 9.95. The van der Waals surface area contributed by atoms with Crippen molar-refractivity contribution in [3.8, 4) is 11.3 Å². The van der Waals surface area contributed by atoms with Gasteiger partial charge < -0.3 is 14.6 Å². The summed E-state index contributed by atoms with van der Waals surface area (Å²) in [5.41, 5.74) is 7.66. The van der Waals surface area contributed by atoms with Gasteiger partial charge in [-0.05, 0) is 62.9 Å². The third-order valence-corrected chi connectivity index (χ3v) is 5.17. The summed E-state index contributed by atoms with van der Waals surface area (Å²) in [6.07, 6.45) is 2.18. The maximum absolute atomic E-state index is 5.35. The molecular weight excluding hydrogens is 348 g/mol. The van der Waals surface area contributed by atoms with Crippen LogP contribution in [0.3, 0.4) is 0 Å². The first-order valence-corrected chi connectivity index (χ1v) is 10.1. The number of methoxy groups -OCH3 is 1. The Morgan fingerprint density at radius 2 is 1.86 bits per heavy atom. The fourth-order valence-electron chi connectivity index (χ4n) is 3.67. The Kier molecular flexibility index (Phi) is 6.04. The summed E-state index contributed by atoms with van der Waals surface area (Å²) in [7, 11) is 1.74. The second-order valence-corrected chi connectivity index (χ2v) is 7.86. The lowest BCUT2D eigenvalue weighted by atomic mass is 10.0. The molecule has 0 saturated heterocycles. The van der Waals surface area contributed by atoms with E-state index in [1.54, 1.807) is 7.11 Å². The summed E-state index contributed by atoms with van der Waals surface area (Å²) in [5.74, 6) is 1.30. The van der Waals surface area contributed by atoms with Gasteiger partial charge in [-0.15, -0.1) is 0 Å². The lowest BCUT2D eigenvalue weighted by molar-refractivity contribution is 0.164. The van der Waals surface area contributed by atoms with Crippen LogP contribution in [0.15, 0.2) is 24.4 Å². The normalized spacial score (nSPS) is 12.7. The molecule has 1 atom stereocenters. The van der Waals surface area contributed by atoms with Gasteiger partial charge in [0.2, 0.25) is 0 Å². The Morgan fingerprint density at radius 1 is 1.11 bits per heavy atom. The van der Waals surface area contributed by atoms with E-state index < -0.39 is 0 Å². The minimum atomic E-state index is 0.262. The third-order valence-electron chi connectivity index (χ3n) is 5.17. The summed E-state index contributed by atoms with van der Waals surface area (Å²) in [6.45, 7) is 14.3. The first-order valence-electron chi connectivity index (χ1n) is 10.1. The molecule has 1 unspecified atom stereocenters. The smallest absolute Gasteiger partial charge is 0.135 e. The zero-order valence-corrected chi connectivity index (χ0v) is 18.1. The molecule has 0 fully saturated rings. The van der Waals surface area contributed by atoms with Crippen molar-refractivity contribution in [2.24, 2.45) is 0 Å². The molecule has 0 aliphatic carbocycles. The molecule has 3 rings (SSSR count). The molecule has 5 heteroatoms. The molecule has 150 valence electrons. The van der Waals surface area contributed by atoms with Crippen LogP contribution in [-0.2, 0) is 4.74 Å². The average Bonchev–Trinajstić information content (AvgIpc) is 2.97. The van der Waals surface area contributed by atoms with Gasteiger partial charge in [0.25, 0.3) is 0 Å². The molecule has 0 bridgehead atoms. The van der Waals surface area contributed by atoms with Gasteiger partial charge in [0.1, 0.15) is 5.82 Å². The van der Waals surface area contributed by atoms with Crippen molar-refractivity contribution in [1.82, 2.24) is 14.5 Å². The summed E-state index contributed by atoms with van der Waals surface area (Å²) in [6, 6.07) is 6.77. The number of nitrogens with one attached hydrogen (secondary N) is 1. The molecule has 0 aliphatic heterocycles. The maximum atomic E-state index is 5.35. The van der Waals surface area contributed by atoms with Gasteiger partial charge in [-0.3, -0.25) is 0 Å². The molecule has 0 spiro atoms. The molecule has 1 N–H and O–H groups in total. The lowest BCUT2D eigenvalue weighted by Gasteiger charge is -2.16. The number of aryl methyl sites for hydroxylation is 2. The van der Waals surface area contributed by atoms with Crippen LogP contribution >= 0.6 is 0 Å². The van der Waals surface area contributed by atoms with Crippen molar-refractivity contribution >= 4 is 16.9 Å². The standard InChI is InChI=1S/C23H32N4O/c1-8-24-23-18(9-10-19(25-23)14(2)3)21-15(4)11-20-22(26-21)16(5)12-27(20)17(6)13-28-7/h9-12,14,17H,8,13H2,1-7H3,(H,24,25). The Hall–Kier alpha value is -2.40. The number of fused-ring (bicyclic) bond motifs is 1. The van der Waals surface area contributed by atoms with E-state index in [2.05, 4.69) is 75.8 Å². The van der Waals surface area contributed by atoms with Gasteiger partial charge in [0.15, 0.2) is 0 Å². The fourth-order valence-corrected chi connectivity index (χ4v) is 3.67. The van der Waals surface area contributed by atoms with Crippen molar-refractivity contribution in [2.45, 2.75) is 53.5 Å². The van der Waals surface area contributed by atoms with Crippen LogP contribution in [-0.4, -0.2) is 34.8 Å². The Balaban J connectivity index is 2.17. The average molecular weight is 381 g/mol. The van der Waals surface area contributed by atoms with Crippen LogP contribution < -0.4 is 5.32 Å². The van der Waals surface area contributed by atoms with E-state index >= 15 is 0 Å². The molecule has 0 aliphatic rings.